The molecule has 186 valence electrons. The molecule has 6 nitrogen and oxygen atoms in total. The van der Waals surface area contributed by atoms with Crippen molar-refractivity contribution in [1.82, 2.24) is 9.97 Å². The number of carbonyl (C=O) groups excluding carboxylic acids is 1. The van der Waals surface area contributed by atoms with Gasteiger partial charge in [-0.15, -0.1) is 0 Å². The Morgan fingerprint density at radius 3 is 2.36 bits per heavy atom. The average molecular weight is 483 g/mol. The molecule has 3 heterocycles. The van der Waals surface area contributed by atoms with Crippen LogP contribution in [0.3, 0.4) is 0 Å². The first-order valence-corrected chi connectivity index (χ1v) is 13.0. The van der Waals surface area contributed by atoms with Gasteiger partial charge in [0.1, 0.15) is 12.1 Å². The molecule has 0 N–H and O–H groups in total. The average Bonchev–Trinajstić information content (AvgIpc) is 3.32. The highest BCUT2D eigenvalue weighted by molar-refractivity contribution is 6.14. The van der Waals surface area contributed by atoms with Crippen LogP contribution in [0.2, 0.25) is 0 Å². The zero-order chi connectivity index (χ0) is 25.2. The third-order valence-electron chi connectivity index (χ3n) is 7.27. The van der Waals surface area contributed by atoms with Crippen molar-refractivity contribution in [3.63, 3.8) is 0 Å². The molecule has 2 aromatic carbocycles. The van der Waals surface area contributed by atoms with Gasteiger partial charge in [-0.1, -0.05) is 50.2 Å². The number of benzene rings is 2. The normalized spacial score (nSPS) is 19.4. The Morgan fingerprint density at radius 1 is 0.972 bits per heavy atom. The molecule has 1 fully saturated rings. The number of ketones is 1. The quantitative estimate of drug-likeness (QED) is 0.403. The van der Waals surface area contributed by atoms with E-state index >= 15 is 0 Å². The van der Waals surface area contributed by atoms with Crippen LogP contribution in [0, 0.1) is 5.92 Å². The highest BCUT2D eigenvalue weighted by Gasteiger charge is 2.25. The summed E-state index contributed by atoms with van der Waals surface area (Å²) < 4.78 is 5.89. The zero-order valence-electron chi connectivity index (χ0n) is 21.6. The molecule has 0 saturated carbocycles. The number of rotatable bonds is 7. The summed E-state index contributed by atoms with van der Waals surface area (Å²) in [5, 5.41) is 0. The Bertz CT molecular complexity index is 1270. The van der Waals surface area contributed by atoms with Gasteiger partial charge in [0.25, 0.3) is 0 Å². The van der Waals surface area contributed by atoms with E-state index in [1.165, 1.54) is 5.56 Å². The number of aliphatic imine (C=N–C) groups is 1. The minimum Gasteiger partial charge on any atom is -0.372 e. The van der Waals surface area contributed by atoms with E-state index in [1.54, 1.807) is 6.33 Å². The Labute approximate surface area is 213 Å². The molecule has 0 aliphatic carbocycles. The summed E-state index contributed by atoms with van der Waals surface area (Å²) in [6, 6.07) is 16.5. The van der Waals surface area contributed by atoms with Crippen LogP contribution >= 0.6 is 0 Å². The summed E-state index contributed by atoms with van der Waals surface area (Å²) in [4.78, 5) is 29.0. The van der Waals surface area contributed by atoms with Gasteiger partial charge in [-0.05, 0) is 49.4 Å². The highest BCUT2D eigenvalue weighted by atomic mass is 16.5. The van der Waals surface area contributed by atoms with Crippen molar-refractivity contribution in [2.24, 2.45) is 10.9 Å². The lowest BCUT2D eigenvalue weighted by molar-refractivity contribution is -0.00547. The van der Waals surface area contributed by atoms with E-state index in [0.29, 0.717) is 6.54 Å². The number of aromatic nitrogens is 2. The topological polar surface area (TPSA) is 67.7 Å². The molecule has 6 heteroatoms. The molecular weight excluding hydrogens is 448 g/mol. The number of hydrogen-bond acceptors (Lipinski definition) is 6. The first-order valence-electron chi connectivity index (χ1n) is 13.0. The number of anilines is 1. The highest BCUT2D eigenvalue weighted by Crippen LogP contribution is 2.30. The lowest BCUT2D eigenvalue weighted by Crippen LogP contribution is -2.45. The number of carbonyl (C=O) groups is 1. The Hall–Kier alpha value is -3.38. The maximum Gasteiger partial charge on any atom is 0.165 e. The van der Waals surface area contributed by atoms with E-state index in [0.717, 1.165) is 65.4 Å². The van der Waals surface area contributed by atoms with Crippen molar-refractivity contribution in [2.45, 2.75) is 59.3 Å². The van der Waals surface area contributed by atoms with E-state index in [-0.39, 0.29) is 23.9 Å². The predicted molar refractivity (Wildman–Crippen MR) is 144 cm³/mol. The SMILES string of the molecule is CCC(CC)C(=O)c1ccc(-c2ccc3c(c2)C(c2cc(N4C[C@@H](C)O[C@@H](C)C4)ncn2)=NC3)cc1. The summed E-state index contributed by atoms with van der Waals surface area (Å²) in [6.07, 6.45) is 3.71. The second kappa shape index (κ2) is 10.3. The van der Waals surface area contributed by atoms with Crippen LogP contribution in [0.25, 0.3) is 11.1 Å². The fourth-order valence-electron chi connectivity index (χ4n) is 5.32. The van der Waals surface area contributed by atoms with Gasteiger partial charge in [0.05, 0.1) is 30.2 Å². The summed E-state index contributed by atoms with van der Waals surface area (Å²) in [5.41, 5.74) is 7.04. The van der Waals surface area contributed by atoms with E-state index in [4.69, 9.17) is 9.73 Å². The maximum atomic E-state index is 12.7. The maximum absolute atomic E-state index is 12.7. The van der Waals surface area contributed by atoms with Crippen LogP contribution in [0.1, 0.15) is 67.7 Å². The molecule has 0 unspecified atom stereocenters. The molecule has 0 amide bonds. The molecule has 2 aliphatic rings. The van der Waals surface area contributed by atoms with Crippen LogP contribution in [-0.2, 0) is 11.3 Å². The van der Waals surface area contributed by atoms with E-state index < -0.39 is 0 Å². The minimum atomic E-state index is 0.0938. The van der Waals surface area contributed by atoms with Crippen molar-refractivity contribution in [1.29, 1.82) is 0 Å². The van der Waals surface area contributed by atoms with Gasteiger partial charge in [0, 0.05) is 36.2 Å². The van der Waals surface area contributed by atoms with Crippen molar-refractivity contribution in [3.8, 4) is 11.1 Å². The molecule has 0 bridgehead atoms. The van der Waals surface area contributed by atoms with Crippen molar-refractivity contribution >= 4 is 17.3 Å². The Balaban J connectivity index is 1.40. The lowest BCUT2D eigenvalue weighted by atomic mass is 9.91. The van der Waals surface area contributed by atoms with Crippen molar-refractivity contribution in [2.75, 3.05) is 18.0 Å². The molecule has 2 atom stereocenters. The van der Waals surface area contributed by atoms with Crippen LogP contribution in [-0.4, -0.2) is 46.8 Å². The molecule has 3 aromatic rings. The predicted octanol–water partition coefficient (Wildman–Crippen LogP) is 5.73. The third-order valence-corrected chi connectivity index (χ3v) is 7.27. The fraction of sp³-hybridized carbons (Fsp3) is 0.400. The Morgan fingerprint density at radius 2 is 1.67 bits per heavy atom. The van der Waals surface area contributed by atoms with E-state index in [9.17, 15) is 4.79 Å². The van der Waals surface area contributed by atoms with Gasteiger partial charge in [-0.25, -0.2) is 9.97 Å². The van der Waals surface area contributed by atoms with Crippen LogP contribution in [0.15, 0.2) is 59.9 Å². The largest absolute Gasteiger partial charge is 0.372 e. The smallest absolute Gasteiger partial charge is 0.165 e. The Kier molecular flexibility index (Phi) is 6.97. The van der Waals surface area contributed by atoms with Gasteiger partial charge >= 0.3 is 0 Å². The van der Waals surface area contributed by atoms with Gasteiger partial charge in [0.2, 0.25) is 0 Å². The number of morpholine rings is 1. The number of Topliss-reactive ketones (excluding diaryl/α,β-unsaturated/α-hetero) is 1. The fourth-order valence-corrected chi connectivity index (χ4v) is 5.32. The molecule has 0 spiro atoms. The third kappa shape index (κ3) is 4.82. The van der Waals surface area contributed by atoms with Crippen LogP contribution < -0.4 is 4.90 Å². The summed E-state index contributed by atoms with van der Waals surface area (Å²) >= 11 is 0. The van der Waals surface area contributed by atoms with Crippen molar-refractivity contribution in [3.05, 3.63) is 77.2 Å². The second-order valence-electron chi connectivity index (χ2n) is 9.92. The van der Waals surface area contributed by atoms with E-state index in [2.05, 4.69) is 60.8 Å². The molecule has 36 heavy (non-hydrogen) atoms. The molecule has 5 rings (SSSR count). The zero-order valence-corrected chi connectivity index (χ0v) is 21.6. The summed E-state index contributed by atoms with van der Waals surface area (Å²) in [6.45, 7) is 10.6. The number of hydrogen-bond donors (Lipinski definition) is 0. The molecular formula is C30H34N4O2. The number of nitrogens with zero attached hydrogens (tertiary/aromatic N) is 4. The summed E-state index contributed by atoms with van der Waals surface area (Å²) in [7, 11) is 0. The minimum absolute atomic E-state index is 0.0938. The lowest BCUT2D eigenvalue weighted by Gasteiger charge is -2.36. The van der Waals surface area contributed by atoms with Gasteiger partial charge in [0.15, 0.2) is 5.78 Å². The molecule has 2 aliphatic heterocycles. The number of fused-ring (bicyclic) bond motifs is 1. The molecule has 1 saturated heterocycles. The van der Waals surface area contributed by atoms with Crippen molar-refractivity contribution < 1.29 is 9.53 Å². The van der Waals surface area contributed by atoms with Gasteiger partial charge in [-0.3, -0.25) is 9.79 Å². The van der Waals surface area contributed by atoms with Crippen LogP contribution in [0.5, 0.6) is 0 Å². The first-order chi connectivity index (χ1) is 17.5. The molecule has 1 aromatic heterocycles. The molecule has 0 radical (unpaired) electrons. The van der Waals surface area contributed by atoms with E-state index in [1.807, 2.05) is 30.3 Å². The summed E-state index contributed by atoms with van der Waals surface area (Å²) in [5.74, 6) is 1.24. The van der Waals surface area contributed by atoms with Gasteiger partial charge in [-0.2, -0.15) is 0 Å². The standard InChI is InChI=1S/C30H34N4O2/c1-5-21(6-2)30(35)23-9-7-22(8-10-23)24-11-12-25-15-31-29(26(25)13-24)27-14-28(33-18-32-27)34-16-19(3)36-20(4)17-34/h7-14,18-21H,5-6,15-17H2,1-4H3/t19-,20+. The van der Waals surface area contributed by atoms with Gasteiger partial charge < -0.3 is 9.64 Å². The monoisotopic (exact) mass is 482 g/mol. The number of ether oxygens (including phenoxy) is 1. The second-order valence-corrected chi connectivity index (χ2v) is 9.92. The van der Waals surface area contributed by atoms with Crippen LogP contribution in [0.4, 0.5) is 5.82 Å². The first kappa shape index (κ1) is 24.3.